The van der Waals surface area contributed by atoms with Crippen molar-refractivity contribution in [2.75, 3.05) is 13.2 Å². The van der Waals surface area contributed by atoms with E-state index in [1.165, 1.54) is 0 Å². The number of carbonyl (C=O) groups excluding carboxylic acids is 1. The van der Waals surface area contributed by atoms with E-state index in [1.54, 1.807) is 18.3 Å². The molecule has 0 unspecified atom stereocenters. The Bertz CT molecular complexity index is 888. The summed E-state index contributed by atoms with van der Waals surface area (Å²) in [5.74, 6) is 1.36. The van der Waals surface area contributed by atoms with Crippen LogP contribution in [-0.4, -0.2) is 28.5 Å². The highest BCUT2D eigenvalue weighted by atomic mass is 16.5. The summed E-state index contributed by atoms with van der Waals surface area (Å²) in [6.45, 7) is 1.74. The molecule has 0 fully saturated rings. The molecule has 6 heteroatoms. The van der Waals surface area contributed by atoms with Gasteiger partial charge in [-0.1, -0.05) is 6.07 Å². The standard InChI is InChI=1S/C18H17N3O3/c22-18(14-4-6-21-7-5-19-17(21)11-14)20-12-13-2-3-15-16(10-13)24-9-1-8-23-15/h2-7,10-11H,1,8-9,12H2,(H,20,22). The molecule has 1 amide bonds. The molecule has 2 aromatic heterocycles. The molecule has 1 aliphatic rings. The van der Waals surface area contributed by atoms with Crippen LogP contribution in [0.25, 0.3) is 5.65 Å². The van der Waals surface area contributed by atoms with E-state index >= 15 is 0 Å². The van der Waals surface area contributed by atoms with Crippen LogP contribution in [0.4, 0.5) is 0 Å². The van der Waals surface area contributed by atoms with Crippen LogP contribution in [0.2, 0.25) is 0 Å². The molecule has 1 aromatic carbocycles. The van der Waals surface area contributed by atoms with E-state index in [2.05, 4.69) is 10.3 Å². The van der Waals surface area contributed by atoms with E-state index in [9.17, 15) is 4.79 Å². The van der Waals surface area contributed by atoms with E-state index in [0.717, 1.165) is 29.1 Å². The number of aromatic nitrogens is 2. The first-order chi connectivity index (χ1) is 11.8. The van der Waals surface area contributed by atoms with Crippen molar-refractivity contribution in [2.24, 2.45) is 0 Å². The summed E-state index contributed by atoms with van der Waals surface area (Å²) in [4.78, 5) is 16.5. The van der Waals surface area contributed by atoms with Crippen molar-refractivity contribution in [3.63, 3.8) is 0 Å². The Morgan fingerprint density at radius 3 is 2.92 bits per heavy atom. The van der Waals surface area contributed by atoms with Gasteiger partial charge in [-0.15, -0.1) is 0 Å². The summed E-state index contributed by atoms with van der Waals surface area (Å²) in [5, 5.41) is 2.92. The van der Waals surface area contributed by atoms with Crippen molar-refractivity contribution in [1.29, 1.82) is 0 Å². The topological polar surface area (TPSA) is 64.9 Å². The van der Waals surface area contributed by atoms with Gasteiger partial charge in [0.2, 0.25) is 0 Å². The maximum absolute atomic E-state index is 12.3. The summed E-state index contributed by atoms with van der Waals surface area (Å²) in [5.41, 5.74) is 2.30. The van der Waals surface area contributed by atoms with Gasteiger partial charge >= 0.3 is 0 Å². The SMILES string of the molecule is O=C(NCc1ccc2c(c1)OCCCO2)c1ccn2ccnc2c1. The lowest BCUT2D eigenvalue weighted by atomic mass is 10.2. The normalized spacial score (nSPS) is 13.5. The van der Waals surface area contributed by atoms with E-state index in [4.69, 9.17) is 9.47 Å². The van der Waals surface area contributed by atoms with E-state index in [0.29, 0.717) is 25.3 Å². The highest BCUT2D eigenvalue weighted by Gasteiger charge is 2.12. The first-order valence-corrected chi connectivity index (χ1v) is 7.89. The molecule has 0 aliphatic carbocycles. The van der Waals surface area contributed by atoms with E-state index in [1.807, 2.05) is 35.0 Å². The smallest absolute Gasteiger partial charge is 0.251 e. The molecule has 1 aliphatic heterocycles. The van der Waals surface area contributed by atoms with Crippen molar-refractivity contribution in [2.45, 2.75) is 13.0 Å². The van der Waals surface area contributed by atoms with Crippen LogP contribution < -0.4 is 14.8 Å². The third kappa shape index (κ3) is 2.90. The number of amides is 1. The zero-order valence-corrected chi connectivity index (χ0v) is 13.1. The van der Waals surface area contributed by atoms with Crippen LogP contribution in [0.5, 0.6) is 11.5 Å². The zero-order chi connectivity index (χ0) is 16.4. The molecule has 0 saturated carbocycles. The second-order valence-electron chi connectivity index (χ2n) is 5.62. The summed E-state index contributed by atoms with van der Waals surface area (Å²) < 4.78 is 13.1. The van der Waals surface area contributed by atoms with Crippen LogP contribution in [0.3, 0.4) is 0 Å². The van der Waals surface area contributed by atoms with Gasteiger partial charge in [-0.25, -0.2) is 4.98 Å². The Morgan fingerprint density at radius 1 is 1.12 bits per heavy atom. The molecule has 1 N–H and O–H groups in total. The van der Waals surface area contributed by atoms with Crippen molar-refractivity contribution < 1.29 is 14.3 Å². The van der Waals surface area contributed by atoms with Gasteiger partial charge in [-0.2, -0.15) is 0 Å². The third-order valence-corrected chi connectivity index (χ3v) is 3.93. The molecule has 0 saturated heterocycles. The molecular weight excluding hydrogens is 306 g/mol. The predicted molar refractivity (Wildman–Crippen MR) is 88.4 cm³/mol. The number of benzene rings is 1. The predicted octanol–water partition coefficient (Wildman–Crippen LogP) is 2.43. The van der Waals surface area contributed by atoms with E-state index in [-0.39, 0.29) is 5.91 Å². The monoisotopic (exact) mass is 323 g/mol. The Balaban J connectivity index is 1.46. The van der Waals surface area contributed by atoms with Crippen molar-refractivity contribution in [3.05, 3.63) is 60.0 Å². The van der Waals surface area contributed by atoms with Gasteiger partial charge in [0, 0.05) is 37.1 Å². The van der Waals surface area contributed by atoms with Gasteiger partial charge < -0.3 is 19.2 Å². The largest absolute Gasteiger partial charge is 0.490 e. The van der Waals surface area contributed by atoms with Crippen molar-refractivity contribution in [1.82, 2.24) is 14.7 Å². The third-order valence-electron chi connectivity index (χ3n) is 3.93. The van der Waals surface area contributed by atoms with Crippen LogP contribution >= 0.6 is 0 Å². The molecule has 0 bridgehead atoms. The van der Waals surface area contributed by atoms with Gasteiger partial charge in [-0.05, 0) is 29.8 Å². The average Bonchev–Trinajstić information content (AvgIpc) is 2.96. The summed E-state index contributed by atoms with van der Waals surface area (Å²) in [6.07, 6.45) is 6.24. The minimum atomic E-state index is -0.132. The number of hydrogen-bond donors (Lipinski definition) is 1. The fraction of sp³-hybridized carbons (Fsp3) is 0.222. The lowest BCUT2D eigenvalue weighted by molar-refractivity contribution is 0.0951. The number of rotatable bonds is 3. The highest BCUT2D eigenvalue weighted by molar-refractivity contribution is 5.94. The Morgan fingerprint density at radius 2 is 2.00 bits per heavy atom. The summed E-state index contributed by atoms with van der Waals surface area (Å²) >= 11 is 0. The van der Waals surface area contributed by atoms with Crippen LogP contribution in [-0.2, 0) is 6.54 Å². The lowest BCUT2D eigenvalue weighted by Gasteiger charge is -2.10. The number of ether oxygens (including phenoxy) is 2. The first-order valence-electron chi connectivity index (χ1n) is 7.89. The molecule has 4 rings (SSSR count). The number of nitrogens with zero attached hydrogens (tertiary/aromatic N) is 2. The Hall–Kier alpha value is -3.02. The molecule has 0 radical (unpaired) electrons. The van der Waals surface area contributed by atoms with E-state index < -0.39 is 0 Å². The number of hydrogen-bond acceptors (Lipinski definition) is 4. The van der Waals surface area contributed by atoms with Gasteiger partial charge in [0.1, 0.15) is 5.65 Å². The molecule has 122 valence electrons. The number of nitrogens with one attached hydrogen (secondary N) is 1. The molecule has 3 aromatic rings. The number of pyridine rings is 1. The maximum Gasteiger partial charge on any atom is 0.251 e. The quantitative estimate of drug-likeness (QED) is 0.804. The fourth-order valence-electron chi connectivity index (χ4n) is 2.65. The lowest BCUT2D eigenvalue weighted by Crippen LogP contribution is -2.22. The Labute approximate surface area is 139 Å². The molecule has 0 spiro atoms. The van der Waals surface area contributed by atoms with Gasteiger partial charge in [-0.3, -0.25) is 4.79 Å². The van der Waals surface area contributed by atoms with Gasteiger partial charge in [0.05, 0.1) is 13.2 Å². The average molecular weight is 323 g/mol. The summed E-state index contributed by atoms with van der Waals surface area (Å²) in [6, 6.07) is 9.28. The first kappa shape index (κ1) is 14.6. The molecule has 0 atom stereocenters. The second-order valence-corrected chi connectivity index (χ2v) is 5.62. The van der Waals surface area contributed by atoms with Crippen molar-refractivity contribution >= 4 is 11.6 Å². The summed E-state index contributed by atoms with van der Waals surface area (Å²) in [7, 11) is 0. The molecule has 24 heavy (non-hydrogen) atoms. The highest BCUT2D eigenvalue weighted by Crippen LogP contribution is 2.30. The molecular formula is C18H17N3O3. The van der Waals surface area contributed by atoms with Crippen LogP contribution in [0.15, 0.2) is 48.9 Å². The number of fused-ring (bicyclic) bond motifs is 2. The number of carbonyl (C=O) groups is 1. The zero-order valence-electron chi connectivity index (χ0n) is 13.1. The molecule has 3 heterocycles. The minimum Gasteiger partial charge on any atom is -0.490 e. The van der Waals surface area contributed by atoms with Crippen LogP contribution in [0.1, 0.15) is 22.3 Å². The molecule has 6 nitrogen and oxygen atoms in total. The van der Waals surface area contributed by atoms with Gasteiger partial charge in [0.15, 0.2) is 11.5 Å². The number of imidazole rings is 1. The fourth-order valence-corrected chi connectivity index (χ4v) is 2.65. The Kier molecular flexibility index (Phi) is 3.78. The second kappa shape index (κ2) is 6.23. The van der Waals surface area contributed by atoms with Crippen LogP contribution in [0, 0.1) is 0 Å². The minimum absolute atomic E-state index is 0.132. The van der Waals surface area contributed by atoms with Crippen molar-refractivity contribution in [3.8, 4) is 11.5 Å². The maximum atomic E-state index is 12.3. The van der Waals surface area contributed by atoms with Gasteiger partial charge in [0.25, 0.3) is 5.91 Å².